The van der Waals surface area contributed by atoms with E-state index < -0.39 is 5.54 Å². The van der Waals surface area contributed by atoms with Crippen molar-refractivity contribution >= 4 is 11.8 Å². The maximum absolute atomic E-state index is 13.8. The first-order valence-electron chi connectivity index (χ1n) is 12.4. The molecule has 3 heterocycles. The molecule has 1 unspecified atom stereocenters. The average Bonchev–Trinajstić information content (AvgIpc) is 3.49. The number of carbonyl (C=O) groups excluding carboxylic acids is 2. The molecule has 1 aliphatic carbocycles. The smallest absolute Gasteiger partial charge is 0.273 e. The van der Waals surface area contributed by atoms with Gasteiger partial charge in [0.1, 0.15) is 22.7 Å². The maximum atomic E-state index is 13.8. The van der Waals surface area contributed by atoms with Gasteiger partial charge in [0.25, 0.3) is 5.91 Å². The molecule has 2 amide bonds. The van der Waals surface area contributed by atoms with Crippen molar-refractivity contribution in [3.8, 4) is 11.5 Å². The number of nitrogens with one attached hydrogen (secondary N) is 1. The van der Waals surface area contributed by atoms with E-state index in [9.17, 15) is 14.0 Å². The summed E-state index contributed by atoms with van der Waals surface area (Å²) in [5.41, 5.74) is 0.538. The highest BCUT2D eigenvalue weighted by molar-refractivity contribution is 6.00. The Morgan fingerprint density at radius 1 is 1.14 bits per heavy atom. The largest absolute Gasteiger partial charge is 0.463 e. The van der Waals surface area contributed by atoms with E-state index in [-0.39, 0.29) is 36.8 Å². The van der Waals surface area contributed by atoms with Crippen LogP contribution in [0.3, 0.4) is 0 Å². The molecule has 0 saturated heterocycles. The topological polar surface area (TPSA) is 80.4 Å². The van der Waals surface area contributed by atoms with E-state index >= 15 is 0 Å². The van der Waals surface area contributed by atoms with E-state index in [1.165, 1.54) is 31.4 Å². The van der Waals surface area contributed by atoms with Crippen LogP contribution in [0.4, 0.5) is 4.39 Å². The van der Waals surface area contributed by atoms with Crippen molar-refractivity contribution in [3.05, 3.63) is 65.8 Å². The third kappa shape index (κ3) is 4.74. The Morgan fingerprint density at radius 3 is 2.54 bits per heavy atom. The predicted octanol–water partition coefficient (Wildman–Crippen LogP) is 4.93. The zero-order valence-electron chi connectivity index (χ0n) is 20.0. The van der Waals surface area contributed by atoms with Gasteiger partial charge in [0.15, 0.2) is 5.76 Å². The fourth-order valence-electron chi connectivity index (χ4n) is 5.15. The average molecular weight is 479 g/mol. The lowest BCUT2D eigenvalue weighted by molar-refractivity contribution is -0.134. The summed E-state index contributed by atoms with van der Waals surface area (Å²) in [5.74, 6) is -0.254. The number of benzene rings is 1. The molecule has 8 heteroatoms. The summed E-state index contributed by atoms with van der Waals surface area (Å²) in [6, 6.07) is 11.4. The van der Waals surface area contributed by atoms with Gasteiger partial charge in [-0.1, -0.05) is 44.2 Å². The first kappa shape index (κ1) is 23.3. The van der Waals surface area contributed by atoms with Gasteiger partial charge in [-0.3, -0.25) is 14.3 Å². The van der Waals surface area contributed by atoms with Crippen molar-refractivity contribution in [3.63, 3.8) is 0 Å². The molecule has 35 heavy (non-hydrogen) atoms. The Labute approximate surface area is 204 Å². The number of fused-ring (bicyclic) bond motifs is 1. The number of furan rings is 1. The van der Waals surface area contributed by atoms with Crippen LogP contribution in [0.1, 0.15) is 67.9 Å². The Kier molecular flexibility index (Phi) is 6.45. The van der Waals surface area contributed by atoms with Gasteiger partial charge in [-0.05, 0) is 49.6 Å². The van der Waals surface area contributed by atoms with Crippen molar-refractivity contribution in [1.29, 1.82) is 0 Å². The zero-order chi connectivity index (χ0) is 24.4. The number of aromatic nitrogens is 2. The third-order valence-corrected chi connectivity index (χ3v) is 7.25. The zero-order valence-corrected chi connectivity index (χ0v) is 20.0. The lowest BCUT2D eigenvalue weighted by atomic mass is 9.92. The number of hydrogen-bond acceptors (Lipinski definition) is 4. The summed E-state index contributed by atoms with van der Waals surface area (Å²) in [5, 5.41) is 7.85. The molecule has 0 spiro atoms. The first-order chi connectivity index (χ1) is 16.9. The van der Waals surface area contributed by atoms with E-state index in [0.717, 1.165) is 31.2 Å². The Bertz CT molecular complexity index is 1180. The van der Waals surface area contributed by atoms with E-state index in [1.807, 2.05) is 0 Å². The first-order valence-corrected chi connectivity index (χ1v) is 12.4. The molecule has 1 saturated carbocycles. The fourth-order valence-corrected chi connectivity index (χ4v) is 5.15. The molecule has 0 bridgehead atoms. The standard InChI is InChI=1S/C27H31FN4O3/c1-27(26(34)29-21-8-5-3-2-4-6-9-21)18-32-23(16-22(30-32)24-10-7-15-35-24)25(33)31(27)17-19-11-13-20(28)14-12-19/h7,10-16,21H,2-6,8-9,17-18H2,1H3,(H,29,34). The fraction of sp³-hybridized carbons (Fsp3) is 0.444. The quantitative estimate of drug-likeness (QED) is 0.564. The summed E-state index contributed by atoms with van der Waals surface area (Å²) >= 11 is 0. The molecule has 0 radical (unpaired) electrons. The van der Waals surface area contributed by atoms with Crippen molar-refractivity contribution in [2.75, 3.05) is 0 Å². The van der Waals surface area contributed by atoms with Gasteiger partial charge < -0.3 is 14.6 Å². The van der Waals surface area contributed by atoms with Crippen LogP contribution in [-0.2, 0) is 17.9 Å². The molecule has 3 aromatic rings. The monoisotopic (exact) mass is 478 g/mol. The van der Waals surface area contributed by atoms with Crippen molar-refractivity contribution in [2.45, 2.75) is 76.5 Å². The number of halogens is 1. The summed E-state index contributed by atoms with van der Waals surface area (Å²) in [6.45, 7) is 2.20. The van der Waals surface area contributed by atoms with Crippen LogP contribution in [0.15, 0.2) is 53.1 Å². The molecular weight excluding hydrogens is 447 g/mol. The number of rotatable bonds is 5. The molecule has 1 aliphatic heterocycles. The summed E-state index contributed by atoms with van der Waals surface area (Å²) in [4.78, 5) is 29.2. The van der Waals surface area contributed by atoms with E-state index in [1.54, 1.807) is 53.1 Å². The molecule has 1 fully saturated rings. The molecule has 1 aromatic carbocycles. The Hall–Kier alpha value is -3.42. The van der Waals surface area contributed by atoms with Gasteiger partial charge in [0.2, 0.25) is 5.91 Å². The van der Waals surface area contributed by atoms with E-state index in [0.29, 0.717) is 17.1 Å². The normalized spacial score (nSPS) is 21.3. The molecule has 184 valence electrons. The van der Waals surface area contributed by atoms with Crippen LogP contribution >= 0.6 is 0 Å². The van der Waals surface area contributed by atoms with Crippen LogP contribution in [0.25, 0.3) is 11.5 Å². The van der Waals surface area contributed by atoms with E-state index in [2.05, 4.69) is 10.4 Å². The van der Waals surface area contributed by atoms with Crippen LogP contribution in [0, 0.1) is 5.82 Å². The third-order valence-electron chi connectivity index (χ3n) is 7.25. The van der Waals surface area contributed by atoms with Gasteiger partial charge in [0, 0.05) is 18.7 Å². The molecular formula is C27H31FN4O3. The van der Waals surface area contributed by atoms with Crippen LogP contribution in [-0.4, -0.2) is 38.1 Å². The lowest BCUT2D eigenvalue weighted by Crippen LogP contribution is -2.64. The lowest BCUT2D eigenvalue weighted by Gasteiger charge is -2.44. The highest BCUT2D eigenvalue weighted by Gasteiger charge is 2.48. The molecule has 2 aromatic heterocycles. The van der Waals surface area contributed by atoms with Gasteiger partial charge in [0.05, 0.1) is 12.8 Å². The van der Waals surface area contributed by atoms with Crippen molar-refractivity contribution < 1.29 is 18.4 Å². The number of carbonyl (C=O) groups is 2. The summed E-state index contributed by atoms with van der Waals surface area (Å²) < 4.78 is 20.6. The molecule has 1 atom stereocenters. The van der Waals surface area contributed by atoms with Crippen molar-refractivity contribution in [1.82, 2.24) is 20.0 Å². The second kappa shape index (κ2) is 9.68. The van der Waals surface area contributed by atoms with Gasteiger partial charge in [-0.2, -0.15) is 5.10 Å². The van der Waals surface area contributed by atoms with E-state index in [4.69, 9.17) is 4.42 Å². The van der Waals surface area contributed by atoms with Gasteiger partial charge in [-0.25, -0.2) is 4.39 Å². The minimum absolute atomic E-state index is 0.0973. The Balaban J connectivity index is 1.47. The van der Waals surface area contributed by atoms with Crippen LogP contribution in [0.5, 0.6) is 0 Å². The number of nitrogens with zero attached hydrogens (tertiary/aromatic N) is 3. The van der Waals surface area contributed by atoms with Gasteiger partial charge in [-0.15, -0.1) is 0 Å². The second-order valence-corrected chi connectivity index (χ2v) is 9.86. The SMILES string of the molecule is CC1(C(=O)NC2CCCCCCC2)Cn2nc(-c3ccco3)cc2C(=O)N1Cc1ccc(F)cc1. The molecule has 2 aliphatic rings. The molecule has 5 rings (SSSR count). The maximum Gasteiger partial charge on any atom is 0.273 e. The number of amides is 2. The number of hydrogen-bond donors (Lipinski definition) is 1. The van der Waals surface area contributed by atoms with Crippen LogP contribution < -0.4 is 5.32 Å². The summed E-state index contributed by atoms with van der Waals surface area (Å²) in [7, 11) is 0. The highest BCUT2D eigenvalue weighted by Crippen LogP contribution is 2.32. The molecule has 1 N–H and O–H groups in total. The highest BCUT2D eigenvalue weighted by atomic mass is 19.1. The predicted molar refractivity (Wildman–Crippen MR) is 129 cm³/mol. The minimum Gasteiger partial charge on any atom is -0.463 e. The van der Waals surface area contributed by atoms with Crippen molar-refractivity contribution in [2.24, 2.45) is 0 Å². The minimum atomic E-state index is -1.16. The van der Waals surface area contributed by atoms with Crippen LogP contribution in [0.2, 0.25) is 0 Å². The Morgan fingerprint density at radius 2 is 1.86 bits per heavy atom. The second-order valence-electron chi connectivity index (χ2n) is 9.86. The van der Waals surface area contributed by atoms with Gasteiger partial charge >= 0.3 is 0 Å². The molecule has 7 nitrogen and oxygen atoms in total. The summed E-state index contributed by atoms with van der Waals surface area (Å²) in [6.07, 6.45) is 9.26.